The molecule has 4 aliphatic carbocycles. The Hall–Kier alpha value is -1.42. The van der Waals surface area contributed by atoms with E-state index < -0.39 is 0 Å². The summed E-state index contributed by atoms with van der Waals surface area (Å²) in [5.74, 6) is 2.25. The molecule has 182 valence electrons. The summed E-state index contributed by atoms with van der Waals surface area (Å²) in [7, 11) is 0. The topological polar surface area (TPSA) is 46.6 Å². The molecular weight excluding hydrogens is 410 g/mol. The summed E-state index contributed by atoms with van der Waals surface area (Å²) < 4.78 is 5.99. The number of fused-ring (bicyclic) bond motifs is 5. The van der Waals surface area contributed by atoms with Crippen LogP contribution in [0.25, 0.3) is 0 Å². The second-order valence-corrected chi connectivity index (χ2v) is 12.1. The van der Waals surface area contributed by atoms with Gasteiger partial charge in [0.1, 0.15) is 6.10 Å². The van der Waals surface area contributed by atoms with Crippen molar-refractivity contribution in [2.45, 2.75) is 97.5 Å². The molecule has 0 unspecified atom stereocenters. The first-order valence-electron chi connectivity index (χ1n) is 13.6. The van der Waals surface area contributed by atoms with E-state index in [0.717, 1.165) is 63.7 Å². The van der Waals surface area contributed by atoms with Crippen LogP contribution in [0.15, 0.2) is 23.3 Å². The van der Waals surface area contributed by atoms with E-state index in [4.69, 9.17) is 4.74 Å². The molecule has 3 fully saturated rings. The lowest BCUT2D eigenvalue weighted by molar-refractivity contribution is -0.151. The number of ketones is 1. The quantitative estimate of drug-likeness (QED) is 0.386. The molecule has 6 atom stereocenters. The van der Waals surface area contributed by atoms with Crippen LogP contribution in [-0.2, 0) is 14.3 Å². The number of nitrogens with zero attached hydrogens (tertiary/aromatic N) is 1. The highest BCUT2D eigenvalue weighted by atomic mass is 16.5. The number of ether oxygens (including phenoxy) is 1. The number of esters is 1. The first-order valence-corrected chi connectivity index (χ1v) is 13.6. The Labute approximate surface area is 200 Å². The van der Waals surface area contributed by atoms with Crippen molar-refractivity contribution in [1.29, 1.82) is 0 Å². The summed E-state index contributed by atoms with van der Waals surface area (Å²) in [6.45, 7) is 9.71. The van der Waals surface area contributed by atoms with Gasteiger partial charge in [0.05, 0.1) is 6.42 Å². The molecule has 0 aromatic heterocycles. The largest absolute Gasteiger partial charge is 0.462 e. The van der Waals surface area contributed by atoms with Gasteiger partial charge in [-0.05, 0) is 106 Å². The summed E-state index contributed by atoms with van der Waals surface area (Å²) >= 11 is 0. The number of piperidine rings is 1. The normalized spacial score (nSPS) is 40.7. The van der Waals surface area contributed by atoms with E-state index in [-0.39, 0.29) is 28.7 Å². The van der Waals surface area contributed by atoms with Crippen LogP contribution < -0.4 is 0 Å². The summed E-state index contributed by atoms with van der Waals surface area (Å²) in [5.41, 5.74) is 2.96. The minimum absolute atomic E-state index is 0.00862. The van der Waals surface area contributed by atoms with Crippen LogP contribution in [0.5, 0.6) is 0 Å². The molecule has 0 amide bonds. The van der Waals surface area contributed by atoms with Crippen LogP contribution in [0.3, 0.4) is 0 Å². The van der Waals surface area contributed by atoms with Gasteiger partial charge in [0.2, 0.25) is 0 Å². The van der Waals surface area contributed by atoms with E-state index in [1.54, 1.807) is 12.5 Å². The number of likely N-dealkylation sites (tertiary alicyclic amines) is 1. The average Bonchev–Trinajstić information content (AvgIpc) is 3.16. The fourth-order valence-electron chi connectivity index (χ4n) is 8.52. The molecule has 0 aromatic rings. The van der Waals surface area contributed by atoms with Gasteiger partial charge < -0.3 is 9.64 Å². The molecule has 5 rings (SSSR count). The molecule has 4 nitrogen and oxygen atoms in total. The van der Waals surface area contributed by atoms with E-state index in [1.165, 1.54) is 25.7 Å². The van der Waals surface area contributed by atoms with Crippen LogP contribution in [0, 0.1) is 28.6 Å². The fourth-order valence-corrected chi connectivity index (χ4v) is 8.52. The van der Waals surface area contributed by atoms with Crippen LogP contribution in [0.1, 0.15) is 91.4 Å². The maximum Gasteiger partial charge on any atom is 0.307 e. The maximum atomic E-state index is 12.6. The molecule has 0 N–H and O–H groups in total. The van der Waals surface area contributed by atoms with Crippen molar-refractivity contribution in [1.82, 2.24) is 4.90 Å². The van der Waals surface area contributed by atoms with E-state index in [1.807, 2.05) is 0 Å². The third kappa shape index (κ3) is 4.15. The van der Waals surface area contributed by atoms with Gasteiger partial charge in [0.25, 0.3) is 0 Å². The molecule has 0 spiro atoms. The van der Waals surface area contributed by atoms with Crippen LogP contribution in [0.4, 0.5) is 0 Å². The van der Waals surface area contributed by atoms with Gasteiger partial charge in [0.15, 0.2) is 5.78 Å². The first-order chi connectivity index (χ1) is 15.8. The number of Topliss-reactive ketones (excluding diaryl/α,β-unsaturated/α-hetero) is 1. The summed E-state index contributed by atoms with van der Waals surface area (Å²) in [6.07, 6.45) is 16.8. The highest BCUT2D eigenvalue weighted by Gasteiger charge is 2.57. The van der Waals surface area contributed by atoms with Crippen molar-refractivity contribution in [3.05, 3.63) is 23.3 Å². The van der Waals surface area contributed by atoms with Crippen molar-refractivity contribution < 1.29 is 14.3 Å². The van der Waals surface area contributed by atoms with Crippen molar-refractivity contribution in [2.75, 3.05) is 19.6 Å². The number of carbonyl (C=O) groups is 2. The van der Waals surface area contributed by atoms with Crippen molar-refractivity contribution in [2.24, 2.45) is 28.6 Å². The number of hydrogen-bond acceptors (Lipinski definition) is 4. The monoisotopic (exact) mass is 453 g/mol. The Bertz CT molecular complexity index is 853. The second-order valence-electron chi connectivity index (χ2n) is 12.1. The van der Waals surface area contributed by atoms with Crippen molar-refractivity contribution in [3.8, 4) is 0 Å². The SMILES string of the molecule is CC(=O)C1=CC[C@@H]2[C@@H]3CC=C4C[C@@H](OC(=O)CCN5CCCCC5)CC[C@]4(C)[C@@H]3CC[C@]12C. The predicted molar refractivity (Wildman–Crippen MR) is 131 cm³/mol. The van der Waals surface area contributed by atoms with Crippen LogP contribution >= 0.6 is 0 Å². The molecular formula is C29H43NO3. The molecule has 5 aliphatic rings. The molecule has 1 saturated heterocycles. The molecule has 0 radical (unpaired) electrons. The summed E-state index contributed by atoms with van der Waals surface area (Å²) in [5, 5.41) is 0. The van der Waals surface area contributed by atoms with Gasteiger partial charge in [-0.2, -0.15) is 0 Å². The summed E-state index contributed by atoms with van der Waals surface area (Å²) in [6, 6.07) is 0. The van der Waals surface area contributed by atoms with Crippen LogP contribution in [0.2, 0.25) is 0 Å². The summed E-state index contributed by atoms with van der Waals surface area (Å²) in [4.78, 5) is 27.3. The highest BCUT2D eigenvalue weighted by molar-refractivity contribution is 5.95. The Morgan fingerprint density at radius 1 is 1.00 bits per heavy atom. The Kier molecular flexibility index (Phi) is 6.35. The van der Waals surface area contributed by atoms with Gasteiger partial charge in [0, 0.05) is 13.0 Å². The molecule has 0 aromatic carbocycles. The maximum absolute atomic E-state index is 12.6. The number of hydrogen-bond donors (Lipinski definition) is 0. The average molecular weight is 454 g/mol. The smallest absolute Gasteiger partial charge is 0.307 e. The zero-order valence-electron chi connectivity index (χ0n) is 21.0. The second kappa shape index (κ2) is 8.98. The van der Waals surface area contributed by atoms with Crippen molar-refractivity contribution >= 4 is 11.8 Å². The first kappa shape index (κ1) is 23.3. The Morgan fingerprint density at radius 3 is 2.52 bits per heavy atom. The van der Waals surface area contributed by atoms with Gasteiger partial charge in [-0.25, -0.2) is 0 Å². The van der Waals surface area contributed by atoms with E-state index >= 15 is 0 Å². The molecule has 1 aliphatic heterocycles. The molecule has 33 heavy (non-hydrogen) atoms. The predicted octanol–water partition coefficient (Wildman–Crippen LogP) is 5.86. The van der Waals surface area contributed by atoms with E-state index in [9.17, 15) is 9.59 Å². The molecule has 4 heteroatoms. The Balaban J connectivity index is 1.21. The third-order valence-corrected chi connectivity index (χ3v) is 10.4. The number of allylic oxidation sites excluding steroid dienone is 3. The molecule has 2 saturated carbocycles. The lowest BCUT2D eigenvalue weighted by Gasteiger charge is -2.57. The molecule has 0 bridgehead atoms. The zero-order valence-corrected chi connectivity index (χ0v) is 21.0. The lowest BCUT2D eigenvalue weighted by Crippen LogP contribution is -2.50. The van der Waals surface area contributed by atoms with E-state index in [0.29, 0.717) is 24.2 Å². The zero-order chi connectivity index (χ0) is 23.2. The van der Waals surface area contributed by atoms with Crippen LogP contribution in [-0.4, -0.2) is 42.4 Å². The standard InChI is InChI=1S/C29H43NO3/c1-20(31)24-9-10-25-23-8-7-21-19-22(33-27(32)13-18-30-16-5-4-6-17-30)11-14-28(21,2)26(23)12-15-29(24,25)3/h7,9,22-23,25-26H,4-6,8,10-19H2,1-3H3/t22-,23-,25+,26+,28-,29+/m0/s1. The van der Waals surface area contributed by atoms with Gasteiger partial charge in [-0.3, -0.25) is 9.59 Å². The van der Waals surface area contributed by atoms with Gasteiger partial charge in [-0.15, -0.1) is 0 Å². The van der Waals surface area contributed by atoms with Gasteiger partial charge in [-0.1, -0.05) is 38.0 Å². The van der Waals surface area contributed by atoms with Gasteiger partial charge >= 0.3 is 5.97 Å². The van der Waals surface area contributed by atoms with Crippen molar-refractivity contribution in [3.63, 3.8) is 0 Å². The number of rotatable bonds is 5. The fraction of sp³-hybridized carbons (Fsp3) is 0.793. The minimum atomic E-state index is -0.00862. The highest BCUT2D eigenvalue weighted by Crippen LogP contribution is 2.65. The minimum Gasteiger partial charge on any atom is -0.462 e. The third-order valence-electron chi connectivity index (χ3n) is 10.4. The molecule has 1 heterocycles. The lowest BCUT2D eigenvalue weighted by atomic mass is 9.47. The Morgan fingerprint density at radius 2 is 1.76 bits per heavy atom. The number of carbonyl (C=O) groups excluding carboxylic acids is 2. The van der Waals surface area contributed by atoms with E-state index in [2.05, 4.69) is 30.9 Å².